The zero-order valence-electron chi connectivity index (χ0n) is 20.6. The van der Waals surface area contributed by atoms with Crippen LogP contribution in [0.4, 0.5) is 5.69 Å². The van der Waals surface area contributed by atoms with Crippen molar-refractivity contribution in [1.82, 2.24) is 4.98 Å². The van der Waals surface area contributed by atoms with E-state index < -0.39 is 0 Å². The van der Waals surface area contributed by atoms with Crippen molar-refractivity contribution in [2.75, 3.05) is 32.3 Å². The first-order valence-corrected chi connectivity index (χ1v) is 11.8. The van der Waals surface area contributed by atoms with E-state index in [4.69, 9.17) is 24.5 Å². The summed E-state index contributed by atoms with van der Waals surface area (Å²) in [7, 11) is 3.28. The van der Waals surface area contributed by atoms with Gasteiger partial charge in [-0.3, -0.25) is 4.79 Å². The SMILES string of the molecule is COc1ccc(-c2cc(-c3ccc(OC)cc3)nc(-c3ccc4c(c3)N(CCC#N)C(=O)CO4)c2)cc1. The first-order valence-electron chi connectivity index (χ1n) is 11.8. The van der Waals surface area contributed by atoms with Crippen molar-refractivity contribution in [1.29, 1.82) is 5.26 Å². The number of nitrogens with zero attached hydrogens (tertiary/aromatic N) is 3. The number of benzene rings is 3. The van der Waals surface area contributed by atoms with Crippen LogP contribution in [0.25, 0.3) is 33.6 Å². The van der Waals surface area contributed by atoms with Gasteiger partial charge in [0.15, 0.2) is 6.61 Å². The lowest BCUT2D eigenvalue weighted by molar-refractivity contribution is -0.121. The molecule has 1 aliphatic rings. The Balaban J connectivity index is 1.63. The predicted molar refractivity (Wildman–Crippen MR) is 142 cm³/mol. The van der Waals surface area contributed by atoms with E-state index in [1.807, 2.05) is 72.8 Å². The van der Waals surface area contributed by atoms with Gasteiger partial charge < -0.3 is 19.1 Å². The highest BCUT2D eigenvalue weighted by Crippen LogP contribution is 2.38. The summed E-state index contributed by atoms with van der Waals surface area (Å²) in [5.74, 6) is 2.00. The molecule has 0 bridgehead atoms. The second kappa shape index (κ2) is 10.4. The monoisotopic (exact) mass is 491 g/mol. The Morgan fingerprint density at radius 2 is 1.43 bits per heavy atom. The van der Waals surface area contributed by atoms with Crippen LogP contribution in [0, 0.1) is 11.3 Å². The minimum atomic E-state index is -0.168. The van der Waals surface area contributed by atoms with Gasteiger partial charge in [0.2, 0.25) is 0 Å². The second-order valence-electron chi connectivity index (χ2n) is 8.51. The summed E-state index contributed by atoms with van der Waals surface area (Å²) < 4.78 is 16.3. The molecule has 0 fully saturated rings. The average Bonchev–Trinajstić information content (AvgIpc) is 2.96. The summed E-state index contributed by atoms with van der Waals surface area (Å²) in [5.41, 5.74) is 5.99. The van der Waals surface area contributed by atoms with E-state index in [1.54, 1.807) is 19.1 Å². The zero-order chi connectivity index (χ0) is 25.8. The molecule has 0 radical (unpaired) electrons. The van der Waals surface area contributed by atoms with Gasteiger partial charge in [0.1, 0.15) is 17.2 Å². The molecule has 3 aromatic carbocycles. The number of carbonyl (C=O) groups is 1. The first kappa shape index (κ1) is 23.9. The number of hydrogen-bond donors (Lipinski definition) is 0. The van der Waals surface area contributed by atoms with E-state index in [0.717, 1.165) is 45.1 Å². The Morgan fingerprint density at radius 3 is 2.05 bits per heavy atom. The molecule has 37 heavy (non-hydrogen) atoms. The fourth-order valence-corrected chi connectivity index (χ4v) is 4.31. The zero-order valence-corrected chi connectivity index (χ0v) is 20.6. The lowest BCUT2D eigenvalue weighted by Gasteiger charge is -2.29. The highest BCUT2D eigenvalue weighted by atomic mass is 16.5. The number of methoxy groups -OCH3 is 2. The molecule has 4 aromatic rings. The topological polar surface area (TPSA) is 84.7 Å². The van der Waals surface area contributed by atoms with Crippen LogP contribution in [0.1, 0.15) is 6.42 Å². The molecule has 0 saturated carbocycles. The normalized spacial score (nSPS) is 12.4. The molecular weight excluding hydrogens is 466 g/mol. The van der Waals surface area contributed by atoms with E-state index in [-0.39, 0.29) is 18.9 Å². The minimum absolute atomic E-state index is 0.0371. The maximum absolute atomic E-state index is 12.5. The molecular formula is C30H25N3O4. The van der Waals surface area contributed by atoms with Gasteiger partial charge in [-0.1, -0.05) is 12.1 Å². The number of pyridine rings is 1. The number of ether oxygens (including phenoxy) is 3. The molecule has 0 atom stereocenters. The van der Waals surface area contributed by atoms with Crippen molar-refractivity contribution in [3.63, 3.8) is 0 Å². The van der Waals surface area contributed by atoms with Gasteiger partial charge in [0.25, 0.3) is 5.91 Å². The minimum Gasteiger partial charge on any atom is -0.497 e. The third kappa shape index (κ3) is 4.95. The largest absolute Gasteiger partial charge is 0.497 e. The van der Waals surface area contributed by atoms with Gasteiger partial charge in [0.05, 0.1) is 43.8 Å². The fraction of sp³-hybridized carbons (Fsp3) is 0.167. The van der Waals surface area contributed by atoms with Crippen LogP contribution in [0.3, 0.4) is 0 Å². The third-order valence-electron chi connectivity index (χ3n) is 6.28. The van der Waals surface area contributed by atoms with E-state index in [2.05, 4.69) is 12.1 Å². The standard InChI is InChI=1S/C30H25N3O4/c1-35-24-9-4-20(5-10-24)23-16-26(21-6-11-25(36-2)12-7-21)32-27(17-23)22-8-13-29-28(18-22)33(15-3-14-31)30(34)19-37-29/h4-13,16-18H,3,15,19H2,1-2H3. The molecule has 0 saturated heterocycles. The molecule has 0 N–H and O–H groups in total. The van der Waals surface area contributed by atoms with Crippen molar-refractivity contribution in [3.8, 4) is 57.0 Å². The number of hydrogen-bond acceptors (Lipinski definition) is 6. The van der Waals surface area contributed by atoms with Crippen molar-refractivity contribution in [2.45, 2.75) is 6.42 Å². The molecule has 7 nitrogen and oxygen atoms in total. The Morgan fingerprint density at radius 1 is 0.838 bits per heavy atom. The molecule has 0 aliphatic carbocycles. The summed E-state index contributed by atoms with van der Waals surface area (Å²) in [6.07, 6.45) is 0.238. The molecule has 184 valence electrons. The Hall–Kier alpha value is -4.83. The number of carbonyl (C=O) groups excluding carboxylic acids is 1. The molecule has 1 aromatic heterocycles. The molecule has 2 heterocycles. The van der Waals surface area contributed by atoms with E-state index in [9.17, 15) is 4.79 Å². The van der Waals surface area contributed by atoms with Crippen LogP contribution in [0.2, 0.25) is 0 Å². The number of rotatable bonds is 7. The Labute approximate surface area is 215 Å². The van der Waals surface area contributed by atoms with Crippen molar-refractivity contribution >= 4 is 11.6 Å². The lowest BCUT2D eigenvalue weighted by atomic mass is 9.99. The Kier molecular flexibility index (Phi) is 6.73. The van der Waals surface area contributed by atoms with E-state index in [1.165, 1.54) is 0 Å². The molecule has 1 aliphatic heterocycles. The molecule has 5 rings (SSSR count). The van der Waals surface area contributed by atoms with Gasteiger partial charge in [-0.15, -0.1) is 0 Å². The van der Waals surface area contributed by atoms with E-state index in [0.29, 0.717) is 18.0 Å². The van der Waals surface area contributed by atoms with Gasteiger partial charge in [-0.05, 0) is 77.9 Å². The van der Waals surface area contributed by atoms with E-state index >= 15 is 0 Å². The van der Waals surface area contributed by atoms with Crippen molar-refractivity contribution in [2.24, 2.45) is 0 Å². The molecule has 7 heteroatoms. The molecule has 0 unspecified atom stereocenters. The molecule has 1 amide bonds. The number of anilines is 1. The number of fused-ring (bicyclic) bond motifs is 1. The quantitative estimate of drug-likeness (QED) is 0.328. The fourth-order valence-electron chi connectivity index (χ4n) is 4.31. The summed E-state index contributed by atoms with van der Waals surface area (Å²) in [6.45, 7) is 0.274. The van der Waals surface area contributed by atoms with Gasteiger partial charge in [-0.2, -0.15) is 5.26 Å². The lowest BCUT2D eigenvalue weighted by Crippen LogP contribution is -2.39. The Bertz CT molecular complexity index is 1410. The van der Waals surface area contributed by atoms with Crippen molar-refractivity contribution in [3.05, 3.63) is 78.9 Å². The summed E-state index contributed by atoms with van der Waals surface area (Å²) >= 11 is 0. The average molecular weight is 492 g/mol. The van der Waals surface area contributed by atoms with Crippen LogP contribution < -0.4 is 19.1 Å². The third-order valence-corrected chi connectivity index (χ3v) is 6.28. The number of amides is 1. The van der Waals surface area contributed by atoms with Crippen LogP contribution in [-0.4, -0.2) is 38.3 Å². The summed E-state index contributed by atoms with van der Waals surface area (Å²) in [6, 6.07) is 27.5. The maximum atomic E-state index is 12.5. The smallest absolute Gasteiger partial charge is 0.265 e. The highest BCUT2D eigenvalue weighted by Gasteiger charge is 2.26. The van der Waals surface area contributed by atoms with Crippen LogP contribution in [0.15, 0.2) is 78.9 Å². The molecule has 0 spiro atoms. The number of aromatic nitrogens is 1. The van der Waals surface area contributed by atoms with Gasteiger partial charge in [0, 0.05) is 17.7 Å². The summed E-state index contributed by atoms with van der Waals surface area (Å²) in [4.78, 5) is 19.1. The second-order valence-corrected chi connectivity index (χ2v) is 8.51. The van der Waals surface area contributed by atoms with Crippen LogP contribution >= 0.6 is 0 Å². The highest BCUT2D eigenvalue weighted by molar-refractivity contribution is 5.98. The predicted octanol–water partition coefficient (Wildman–Crippen LogP) is 5.74. The first-order chi connectivity index (χ1) is 18.1. The van der Waals surface area contributed by atoms with Crippen LogP contribution in [-0.2, 0) is 4.79 Å². The number of nitriles is 1. The van der Waals surface area contributed by atoms with Gasteiger partial charge >= 0.3 is 0 Å². The van der Waals surface area contributed by atoms with Gasteiger partial charge in [-0.25, -0.2) is 4.98 Å². The van der Waals surface area contributed by atoms with Crippen molar-refractivity contribution < 1.29 is 19.0 Å². The summed E-state index contributed by atoms with van der Waals surface area (Å²) in [5, 5.41) is 9.06. The van der Waals surface area contributed by atoms with Crippen LogP contribution in [0.5, 0.6) is 17.2 Å². The maximum Gasteiger partial charge on any atom is 0.265 e.